The van der Waals surface area contributed by atoms with Crippen LogP contribution in [-0.2, 0) is 0 Å². The highest BCUT2D eigenvalue weighted by Crippen LogP contribution is 2.11. The summed E-state index contributed by atoms with van der Waals surface area (Å²) in [5.74, 6) is 0. The van der Waals surface area contributed by atoms with Gasteiger partial charge in [-0.05, 0) is 26.0 Å². The standard InChI is InChI=1S/C11H12N2O2/c1-7(2)13-11(15)9-4-3-8(6-14)5-10(9)12-13/h3-7,12H,1-2H3. The van der Waals surface area contributed by atoms with Crippen molar-refractivity contribution in [3.8, 4) is 0 Å². The Hall–Kier alpha value is -1.84. The van der Waals surface area contributed by atoms with Gasteiger partial charge in [0.15, 0.2) is 0 Å². The van der Waals surface area contributed by atoms with Crippen LogP contribution in [0.3, 0.4) is 0 Å². The fourth-order valence-corrected chi connectivity index (χ4v) is 1.59. The van der Waals surface area contributed by atoms with Crippen molar-refractivity contribution in [2.45, 2.75) is 19.9 Å². The molecule has 1 N–H and O–H groups in total. The van der Waals surface area contributed by atoms with Crippen molar-refractivity contribution < 1.29 is 4.79 Å². The van der Waals surface area contributed by atoms with Gasteiger partial charge in [0.2, 0.25) is 0 Å². The van der Waals surface area contributed by atoms with E-state index >= 15 is 0 Å². The SMILES string of the molecule is CC(C)n1[nH]c2cc(C=O)ccc2c1=O. The quantitative estimate of drug-likeness (QED) is 0.757. The minimum atomic E-state index is -0.0440. The predicted molar refractivity (Wildman–Crippen MR) is 58.3 cm³/mol. The number of rotatable bonds is 2. The van der Waals surface area contributed by atoms with Crippen LogP contribution in [0.25, 0.3) is 10.9 Å². The maximum absolute atomic E-state index is 11.8. The molecule has 0 fully saturated rings. The van der Waals surface area contributed by atoms with Gasteiger partial charge in [-0.15, -0.1) is 0 Å². The Kier molecular flexibility index (Phi) is 2.19. The zero-order chi connectivity index (χ0) is 11.0. The molecule has 4 nitrogen and oxygen atoms in total. The molecule has 0 saturated carbocycles. The molecule has 15 heavy (non-hydrogen) atoms. The number of carbonyl (C=O) groups is 1. The number of H-pyrrole nitrogens is 1. The van der Waals surface area contributed by atoms with Crippen molar-refractivity contribution in [3.63, 3.8) is 0 Å². The molecule has 0 saturated heterocycles. The first-order valence-electron chi connectivity index (χ1n) is 4.83. The molecule has 0 amide bonds. The summed E-state index contributed by atoms with van der Waals surface area (Å²) < 4.78 is 1.55. The molecule has 1 aromatic carbocycles. The molecule has 0 unspecified atom stereocenters. The van der Waals surface area contributed by atoms with Crippen molar-refractivity contribution in [2.75, 3.05) is 0 Å². The summed E-state index contributed by atoms with van der Waals surface area (Å²) in [4.78, 5) is 22.4. The topological polar surface area (TPSA) is 54.9 Å². The molecule has 1 aromatic heterocycles. The third-order valence-corrected chi connectivity index (χ3v) is 2.39. The summed E-state index contributed by atoms with van der Waals surface area (Å²) in [6.07, 6.45) is 0.768. The van der Waals surface area contributed by atoms with Crippen LogP contribution in [0.15, 0.2) is 23.0 Å². The monoisotopic (exact) mass is 204 g/mol. The average Bonchev–Trinajstić information content (AvgIpc) is 2.55. The average molecular weight is 204 g/mol. The molecule has 1 heterocycles. The van der Waals surface area contributed by atoms with E-state index in [0.717, 1.165) is 6.29 Å². The van der Waals surface area contributed by atoms with Crippen LogP contribution in [0.1, 0.15) is 30.2 Å². The summed E-state index contributed by atoms with van der Waals surface area (Å²) >= 11 is 0. The molecule has 0 radical (unpaired) electrons. The number of aromatic nitrogens is 2. The van der Waals surface area contributed by atoms with Crippen LogP contribution in [0.5, 0.6) is 0 Å². The molecule has 4 heteroatoms. The Morgan fingerprint density at radius 2 is 2.13 bits per heavy atom. The van der Waals surface area contributed by atoms with Crippen LogP contribution in [0, 0.1) is 0 Å². The van der Waals surface area contributed by atoms with E-state index in [2.05, 4.69) is 5.10 Å². The van der Waals surface area contributed by atoms with E-state index in [9.17, 15) is 9.59 Å². The predicted octanol–water partition coefficient (Wildman–Crippen LogP) is 1.72. The van der Waals surface area contributed by atoms with Gasteiger partial charge in [-0.3, -0.25) is 14.7 Å². The zero-order valence-corrected chi connectivity index (χ0v) is 8.65. The second kappa shape index (κ2) is 3.38. The number of aldehydes is 1. The van der Waals surface area contributed by atoms with Crippen LogP contribution >= 0.6 is 0 Å². The Morgan fingerprint density at radius 3 is 2.73 bits per heavy atom. The van der Waals surface area contributed by atoms with Crippen LogP contribution < -0.4 is 5.56 Å². The lowest BCUT2D eigenvalue weighted by molar-refractivity contribution is 0.112. The van der Waals surface area contributed by atoms with E-state index in [4.69, 9.17) is 0 Å². The van der Waals surface area contributed by atoms with Crippen LogP contribution in [0.4, 0.5) is 0 Å². The third-order valence-electron chi connectivity index (χ3n) is 2.39. The highest BCUT2D eigenvalue weighted by atomic mass is 16.1. The molecule has 0 atom stereocenters. The van der Waals surface area contributed by atoms with Gasteiger partial charge in [0, 0.05) is 11.6 Å². The summed E-state index contributed by atoms with van der Waals surface area (Å²) in [5.41, 5.74) is 1.23. The van der Waals surface area contributed by atoms with Gasteiger partial charge in [-0.1, -0.05) is 6.07 Å². The summed E-state index contributed by atoms with van der Waals surface area (Å²) in [7, 11) is 0. The highest BCUT2D eigenvalue weighted by Gasteiger charge is 2.08. The van der Waals surface area contributed by atoms with E-state index in [0.29, 0.717) is 16.5 Å². The Bertz CT molecular complexity index is 563. The van der Waals surface area contributed by atoms with Gasteiger partial charge in [0.05, 0.1) is 10.9 Å². The van der Waals surface area contributed by atoms with Gasteiger partial charge in [-0.2, -0.15) is 0 Å². The van der Waals surface area contributed by atoms with Crippen molar-refractivity contribution in [3.05, 3.63) is 34.1 Å². The fraction of sp³-hybridized carbons (Fsp3) is 0.273. The van der Waals surface area contributed by atoms with Crippen LogP contribution in [0.2, 0.25) is 0 Å². The second-order valence-corrected chi connectivity index (χ2v) is 3.80. The third kappa shape index (κ3) is 1.48. The van der Waals surface area contributed by atoms with Crippen molar-refractivity contribution in [1.29, 1.82) is 0 Å². The molecule has 78 valence electrons. The fourth-order valence-electron chi connectivity index (χ4n) is 1.59. The van der Waals surface area contributed by atoms with E-state index in [-0.39, 0.29) is 11.6 Å². The molecule has 0 bridgehead atoms. The number of carbonyl (C=O) groups excluding carboxylic acids is 1. The number of benzene rings is 1. The smallest absolute Gasteiger partial charge is 0.274 e. The molecular formula is C11H12N2O2. The molecule has 0 aliphatic heterocycles. The summed E-state index contributed by atoms with van der Waals surface area (Å²) in [6.45, 7) is 3.86. The second-order valence-electron chi connectivity index (χ2n) is 3.80. The van der Waals surface area contributed by atoms with E-state index in [1.165, 1.54) is 0 Å². The van der Waals surface area contributed by atoms with Gasteiger partial charge in [0.1, 0.15) is 6.29 Å². The summed E-state index contributed by atoms with van der Waals surface area (Å²) in [6, 6.07) is 5.10. The Balaban J connectivity index is 2.76. The molecule has 2 rings (SSSR count). The zero-order valence-electron chi connectivity index (χ0n) is 8.65. The van der Waals surface area contributed by atoms with E-state index in [1.54, 1.807) is 22.9 Å². The van der Waals surface area contributed by atoms with Crippen molar-refractivity contribution >= 4 is 17.2 Å². The van der Waals surface area contributed by atoms with Gasteiger partial charge in [0.25, 0.3) is 5.56 Å². The lowest BCUT2D eigenvalue weighted by Gasteiger charge is -2.03. The minimum absolute atomic E-state index is 0.0440. The first-order valence-corrected chi connectivity index (χ1v) is 4.83. The van der Waals surface area contributed by atoms with E-state index < -0.39 is 0 Å². The minimum Gasteiger partial charge on any atom is -0.298 e. The first kappa shape index (κ1) is 9.71. The molecule has 0 aliphatic carbocycles. The van der Waals surface area contributed by atoms with Gasteiger partial charge >= 0.3 is 0 Å². The molecule has 0 aliphatic rings. The van der Waals surface area contributed by atoms with Gasteiger partial charge < -0.3 is 0 Å². The number of hydrogen-bond acceptors (Lipinski definition) is 2. The van der Waals surface area contributed by atoms with Gasteiger partial charge in [-0.25, -0.2) is 4.68 Å². The lowest BCUT2D eigenvalue weighted by atomic mass is 10.2. The molecule has 0 spiro atoms. The maximum Gasteiger partial charge on any atom is 0.274 e. The molecule has 2 aromatic rings. The number of hydrogen-bond donors (Lipinski definition) is 1. The van der Waals surface area contributed by atoms with Crippen LogP contribution in [-0.4, -0.2) is 16.1 Å². The molecular weight excluding hydrogens is 192 g/mol. The number of fused-ring (bicyclic) bond motifs is 1. The Morgan fingerprint density at radius 1 is 1.40 bits per heavy atom. The highest BCUT2D eigenvalue weighted by molar-refractivity contribution is 5.86. The van der Waals surface area contributed by atoms with Crippen molar-refractivity contribution in [2.24, 2.45) is 0 Å². The maximum atomic E-state index is 11.8. The number of nitrogens with zero attached hydrogens (tertiary/aromatic N) is 1. The largest absolute Gasteiger partial charge is 0.298 e. The van der Waals surface area contributed by atoms with E-state index in [1.807, 2.05) is 13.8 Å². The lowest BCUT2D eigenvalue weighted by Crippen LogP contribution is -2.18. The number of aromatic amines is 1. The Labute approximate surface area is 86.5 Å². The van der Waals surface area contributed by atoms with Crippen molar-refractivity contribution in [1.82, 2.24) is 9.78 Å². The normalized spacial score (nSPS) is 11.1. The summed E-state index contributed by atoms with van der Waals surface area (Å²) in [5, 5.41) is 3.60. The first-order chi connectivity index (χ1) is 7.13. The number of nitrogens with one attached hydrogen (secondary N) is 1.